The largest absolute Gasteiger partial charge is 0.479 e. The summed E-state index contributed by atoms with van der Waals surface area (Å²) in [4.78, 5) is 23.2. The smallest absolute Gasteiger partial charge is 0.331 e. The molecule has 6 heteroatoms. The van der Waals surface area contributed by atoms with Crippen LogP contribution in [0.5, 0.6) is 0 Å². The van der Waals surface area contributed by atoms with Crippen molar-refractivity contribution in [2.24, 2.45) is 0 Å². The lowest BCUT2D eigenvalue weighted by molar-refractivity contribution is -0.147. The molecular formula is C12H11F2NO3. The summed E-state index contributed by atoms with van der Waals surface area (Å²) < 4.78 is 26.7. The van der Waals surface area contributed by atoms with Crippen LogP contribution >= 0.6 is 0 Å². The van der Waals surface area contributed by atoms with E-state index in [-0.39, 0.29) is 11.6 Å². The molecule has 1 unspecified atom stereocenters. The molecule has 96 valence electrons. The van der Waals surface area contributed by atoms with Crippen molar-refractivity contribution >= 4 is 12.4 Å². The molecule has 1 saturated carbocycles. The van der Waals surface area contributed by atoms with E-state index in [0.29, 0.717) is 19.3 Å². The van der Waals surface area contributed by atoms with E-state index < -0.39 is 23.6 Å². The zero-order valence-corrected chi connectivity index (χ0v) is 9.35. The SMILES string of the molecule is O=CN(C1CC1)C(C(=O)O)c1cccc(F)c1F. The Balaban J connectivity index is 2.43. The molecule has 1 amide bonds. The van der Waals surface area contributed by atoms with E-state index in [1.807, 2.05) is 0 Å². The molecule has 2 rings (SSSR count). The summed E-state index contributed by atoms with van der Waals surface area (Å²) >= 11 is 0. The summed E-state index contributed by atoms with van der Waals surface area (Å²) in [5, 5.41) is 9.13. The summed E-state index contributed by atoms with van der Waals surface area (Å²) in [7, 11) is 0. The highest BCUT2D eigenvalue weighted by molar-refractivity contribution is 5.78. The summed E-state index contributed by atoms with van der Waals surface area (Å²) in [6.07, 6.45) is 1.74. The Morgan fingerprint density at radius 2 is 2.11 bits per heavy atom. The van der Waals surface area contributed by atoms with Gasteiger partial charge >= 0.3 is 5.97 Å². The molecule has 0 saturated heterocycles. The van der Waals surface area contributed by atoms with Gasteiger partial charge in [-0.2, -0.15) is 0 Å². The minimum Gasteiger partial charge on any atom is -0.479 e. The van der Waals surface area contributed by atoms with Gasteiger partial charge in [0, 0.05) is 11.6 Å². The number of carbonyl (C=O) groups excluding carboxylic acids is 1. The maximum atomic E-state index is 13.6. The molecular weight excluding hydrogens is 244 g/mol. The summed E-state index contributed by atoms with van der Waals surface area (Å²) in [5.41, 5.74) is -0.332. The molecule has 0 spiro atoms. The van der Waals surface area contributed by atoms with Gasteiger partial charge in [0.15, 0.2) is 17.7 Å². The Bertz CT molecular complexity index is 488. The van der Waals surface area contributed by atoms with Crippen molar-refractivity contribution in [2.75, 3.05) is 0 Å². The van der Waals surface area contributed by atoms with Gasteiger partial charge in [0.05, 0.1) is 0 Å². The fraction of sp³-hybridized carbons (Fsp3) is 0.333. The number of carboxylic acid groups (broad SMARTS) is 1. The van der Waals surface area contributed by atoms with Crippen LogP contribution in [0, 0.1) is 11.6 Å². The highest BCUT2D eigenvalue weighted by Crippen LogP contribution is 2.34. The van der Waals surface area contributed by atoms with Gasteiger partial charge in [-0.3, -0.25) is 4.79 Å². The lowest BCUT2D eigenvalue weighted by Gasteiger charge is -2.25. The van der Waals surface area contributed by atoms with Gasteiger partial charge in [-0.25, -0.2) is 13.6 Å². The molecule has 18 heavy (non-hydrogen) atoms. The number of hydrogen-bond donors (Lipinski definition) is 1. The van der Waals surface area contributed by atoms with Crippen molar-refractivity contribution in [3.63, 3.8) is 0 Å². The van der Waals surface area contributed by atoms with Crippen molar-refractivity contribution in [3.05, 3.63) is 35.4 Å². The minimum absolute atomic E-state index is 0.203. The Labute approximate surface area is 102 Å². The van der Waals surface area contributed by atoms with Crippen LogP contribution < -0.4 is 0 Å². The average molecular weight is 255 g/mol. The minimum atomic E-state index is -1.48. The Morgan fingerprint density at radius 3 is 2.61 bits per heavy atom. The molecule has 0 aromatic heterocycles. The third kappa shape index (κ3) is 2.18. The molecule has 0 bridgehead atoms. The first-order chi connectivity index (χ1) is 8.56. The second-order valence-corrected chi connectivity index (χ2v) is 4.17. The molecule has 1 fully saturated rings. The van der Waals surface area contributed by atoms with E-state index in [9.17, 15) is 18.4 Å². The predicted octanol–water partition coefficient (Wildman–Crippen LogP) is 1.71. The van der Waals surface area contributed by atoms with Crippen LogP contribution in [0.3, 0.4) is 0 Å². The fourth-order valence-electron chi connectivity index (χ4n) is 1.88. The van der Waals surface area contributed by atoms with Crippen LogP contribution in [0.2, 0.25) is 0 Å². The van der Waals surface area contributed by atoms with Crippen molar-refractivity contribution in [1.82, 2.24) is 4.90 Å². The first-order valence-corrected chi connectivity index (χ1v) is 5.45. The number of benzene rings is 1. The fourth-order valence-corrected chi connectivity index (χ4v) is 1.88. The number of rotatable bonds is 5. The van der Waals surface area contributed by atoms with Gasteiger partial charge in [-0.1, -0.05) is 12.1 Å². The first-order valence-electron chi connectivity index (χ1n) is 5.45. The van der Waals surface area contributed by atoms with Gasteiger partial charge < -0.3 is 10.0 Å². The molecule has 1 atom stereocenters. The first kappa shape index (κ1) is 12.5. The van der Waals surface area contributed by atoms with Crippen LogP contribution in [-0.2, 0) is 9.59 Å². The number of amides is 1. The quantitative estimate of drug-likeness (QED) is 0.815. The van der Waals surface area contributed by atoms with E-state index in [2.05, 4.69) is 0 Å². The molecule has 1 aromatic carbocycles. The number of carbonyl (C=O) groups is 2. The normalized spacial score (nSPS) is 16.1. The molecule has 0 radical (unpaired) electrons. The summed E-state index contributed by atoms with van der Waals surface area (Å²) in [6, 6.07) is 1.62. The lowest BCUT2D eigenvalue weighted by Crippen LogP contribution is -2.35. The number of carboxylic acids is 1. The standard InChI is InChI=1S/C12H11F2NO3/c13-9-3-1-2-8(10(9)14)11(12(17)18)15(6-16)7-4-5-7/h1-3,6-7,11H,4-5H2,(H,17,18). The third-order valence-corrected chi connectivity index (χ3v) is 2.90. The number of nitrogens with zero attached hydrogens (tertiary/aromatic N) is 1. The summed E-state index contributed by atoms with van der Waals surface area (Å²) in [6.45, 7) is 0. The zero-order valence-electron chi connectivity index (χ0n) is 9.35. The molecule has 1 aliphatic carbocycles. The second kappa shape index (κ2) is 4.72. The predicted molar refractivity (Wildman–Crippen MR) is 57.7 cm³/mol. The van der Waals surface area contributed by atoms with Crippen molar-refractivity contribution in [1.29, 1.82) is 0 Å². The van der Waals surface area contributed by atoms with Gasteiger partial charge in [0.2, 0.25) is 6.41 Å². The van der Waals surface area contributed by atoms with Gasteiger partial charge in [-0.05, 0) is 18.9 Å². The summed E-state index contributed by atoms with van der Waals surface area (Å²) in [5.74, 6) is -3.73. The molecule has 4 nitrogen and oxygen atoms in total. The highest BCUT2D eigenvalue weighted by Gasteiger charge is 2.39. The number of aliphatic carboxylic acids is 1. The van der Waals surface area contributed by atoms with Crippen LogP contribution in [0.4, 0.5) is 8.78 Å². The molecule has 0 heterocycles. The van der Waals surface area contributed by atoms with E-state index in [1.165, 1.54) is 12.1 Å². The molecule has 0 aliphatic heterocycles. The van der Waals surface area contributed by atoms with Gasteiger partial charge in [0.25, 0.3) is 0 Å². The van der Waals surface area contributed by atoms with Crippen LogP contribution in [0.15, 0.2) is 18.2 Å². The zero-order chi connectivity index (χ0) is 13.3. The van der Waals surface area contributed by atoms with Crippen LogP contribution in [0.25, 0.3) is 0 Å². The van der Waals surface area contributed by atoms with E-state index in [0.717, 1.165) is 11.0 Å². The number of halogens is 2. The van der Waals surface area contributed by atoms with E-state index in [1.54, 1.807) is 0 Å². The van der Waals surface area contributed by atoms with E-state index in [4.69, 9.17) is 5.11 Å². The van der Waals surface area contributed by atoms with E-state index >= 15 is 0 Å². The molecule has 1 N–H and O–H groups in total. The molecule has 1 aromatic rings. The van der Waals surface area contributed by atoms with Crippen molar-refractivity contribution in [3.8, 4) is 0 Å². The average Bonchev–Trinajstić information content (AvgIpc) is 3.14. The van der Waals surface area contributed by atoms with Crippen molar-refractivity contribution in [2.45, 2.75) is 24.9 Å². The topological polar surface area (TPSA) is 57.6 Å². The lowest BCUT2D eigenvalue weighted by atomic mass is 10.0. The second-order valence-electron chi connectivity index (χ2n) is 4.17. The maximum Gasteiger partial charge on any atom is 0.331 e. The Hall–Kier alpha value is -1.98. The van der Waals surface area contributed by atoms with Crippen molar-refractivity contribution < 1.29 is 23.5 Å². The van der Waals surface area contributed by atoms with Crippen LogP contribution in [0.1, 0.15) is 24.4 Å². The Kier molecular flexibility index (Phi) is 3.27. The Morgan fingerprint density at radius 1 is 1.44 bits per heavy atom. The molecule has 1 aliphatic rings. The number of hydrogen-bond acceptors (Lipinski definition) is 2. The maximum absolute atomic E-state index is 13.6. The third-order valence-electron chi connectivity index (χ3n) is 2.90. The van der Waals surface area contributed by atoms with Gasteiger partial charge in [0.1, 0.15) is 0 Å². The van der Waals surface area contributed by atoms with Crippen LogP contribution in [-0.4, -0.2) is 28.4 Å². The highest BCUT2D eigenvalue weighted by atomic mass is 19.2. The monoisotopic (exact) mass is 255 g/mol. The van der Waals surface area contributed by atoms with Gasteiger partial charge in [-0.15, -0.1) is 0 Å².